The molecular weight excluding hydrogens is 278 g/mol. The summed E-state index contributed by atoms with van der Waals surface area (Å²) in [6.45, 7) is 4.34. The van der Waals surface area contributed by atoms with Crippen molar-refractivity contribution in [1.82, 2.24) is 0 Å². The van der Waals surface area contributed by atoms with Gasteiger partial charge in [-0.2, -0.15) is 0 Å². The smallest absolute Gasteiger partial charge is 0.193 e. The lowest BCUT2D eigenvalue weighted by molar-refractivity contribution is 0.163. The van der Waals surface area contributed by atoms with E-state index in [1.165, 1.54) is 0 Å². The van der Waals surface area contributed by atoms with Gasteiger partial charge in [-0.3, -0.25) is 4.99 Å². The van der Waals surface area contributed by atoms with Gasteiger partial charge in [-0.25, -0.2) is 0 Å². The molecule has 1 aromatic carbocycles. The molecule has 1 aliphatic rings. The van der Waals surface area contributed by atoms with Crippen LogP contribution in [0.15, 0.2) is 23.2 Å². The number of methoxy groups -OCH3 is 1. The lowest BCUT2D eigenvalue weighted by atomic mass is 9.90. The standard InChI is InChI=1S/C14H20ClN3O2/c1-14(5-6-20-9-14)8-17-13(16)18-10-3-4-12(19-2)11(15)7-10/h3-4,7H,5-6,8-9H2,1-2H3,(H3,16,17,18). The Morgan fingerprint density at radius 2 is 2.40 bits per heavy atom. The Morgan fingerprint density at radius 3 is 3.00 bits per heavy atom. The molecule has 1 fully saturated rings. The SMILES string of the molecule is COc1ccc(NC(N)=NCC2(C)CCOC2)cc1Cl. The molecule has 0 bridgehead atoms. The van der Waals surface area contributed by atoms with Crippen LogP contribution in [0.2, 0.25) is 5.02 Å². The number of nitrogens with one attached hydrogen (secondary N) is 1. The lowest BCUT2D eigenvalue weighted by Gasteiger charge is -2.18. The number of aliphatic imine (C=N–C) groups is 1. The van der Waals surface area contributed by atoms with Gasteiger partial charge in [0.1, 0.15) is 5.75 Å². The molecule has 1 aliphatic heterocycles. The molecule has 1 aromatic rings. The Kier molecular flexibility index (Phi) is 4.73. The fourth-order valence-corrected chi connectivity index (χ4v) is 2.30. The first-order chi connectivity index (χ1) is 9.52. The van der Waals surface area contributed by atoms with Gasteiger partial charge in [0, 0.05) is 17.7 Å². The summed E-state index contributed by atoms with van der Waals surface area (Å²) in [6, 6.07) is 5.38. The highest BCUT2D eigenvalue weighted by Crippen LogP contribution is 2.28. The van der Waals surface area contributed by atoms with Crippen LogP contribution < -0.4 is 15.8 Å². The molecule has 6 heteroatoms. The topological polar surface area (TPSA) is 68.9 Å². The molecule has 1 atom stereocenters. The number of nitrogens with two attached hydrogens (primary N) is 1. The van der Waals surface area contributed by atoms with Crippen molar-refractivity contribution >= 4 is 23.2 Å². The Hall–Kier alpha value is -1.46. The zero-order valence-electron chi connectivity index (χ0n) is 11.8. The molecule has 0 saturated carbocycles. The molecule has 3 N–H and O–H groups in total. The molecule has 2 rings (SSSR count). The molecule has 0 aliphatic carbocycles. The highest BCUT2D eigenvalue weighted by molar-refractivity contribution is 6.32. The lowest BCUT2D eigenvalue weighted by Crippen LogP contribution is -2.27. The van der Waals surface area contributed by atoms with Crippen molar-refractivity contribution in [2.45, 2.75) is 13.3 Å². The molecule has 20 heavy (non-hydrogen) atoms. The summed E-state index contributed by atoms with van der Waals surface area (Å²) in [4.78, 5) is 4.37. The third-order valence-electron chi connectivity index (χ3n) is 3.36. The van der Waals surface area contributed by atoms with Crippen molar-refractivity contribution in [1.29, 1.82) is 0 Å². The van der Waals surface area contributed by atoms with Crippen molar-refractivity contribution in [3.63, 3.8) is 0 Å². The number of benzene rings is 1. The number of anilines is 1. The number of hydrogen-bond acceptors (Lipinski definition) is 3. The van der Waals surface area contributed by atoms with Gasteiger partial charge in [-0.15, -0.1) is 0 Å². The monoisotopic (exact) mass is 297 g/mol. The van der Waals surface area contributed by atoms with Crippen LogP contribution in [-0.2, 0) is 4.74 Å². The Bertz CT molecular complexity index is 499. The van der Waals surface area contributed by atoms with Gasteiger partial charge in [-0.05, 0) is 24.6 Å². The quantitative estimate of drug-likeness (QED) is 0.662. The predicted octanol–water partition coefficient (Wildman–Crippen LogP) is 2.50. The predicted molar refractivity (Wildman–Crippen MR) is 81.7 cm³/mol. The second-order valence-corrected chi connectivity index (χ2v) is 5.70. The van der Waals surface area contributed by atoms with E-state index in [4.69, 9.17) is 26.8 Å². The number of rotatable bonds is 4. The minimum atomic E-state index is 0.0872. The van der Waals surface area contributed by atoms with E-state index in [0.29, 0.717) is 23.3 Å². The molecule has 1 heterocycles. The van der Waals surface area contributed by atoms with Crippen molar-refractivity contribution in [3.8, 4) is 5.75 Å². The highest BCUT2D eigenvalue weighted by Gasteiger charge is 2.29. The second-order valence-electron chi connectivity index (χ2n) is 5.29. The minimum Gasteiger partial charge on any atom is -0.495 e. The third-order valence-corrected chi connectivity index (χ3v) is 3.65. The van der Waals surface area contributed by atoms with E-state index in [1.54, 1.807) is 19.2 Å². The second kappa shape index (κ2) is 6.33. The van der Waals surface area contributed by atoms with E-state index < -0.39 is 0 Å². The molecule has 0 spiro atoms. The van der Waals surface area contributed by atoms with Gasteiger partial charge in [0.2, 0.25) is 0 Å². The number of hydrogen-bond donors (Lipinski definition) is 2. The molecule has 1 unspecified atom stereocenters. The molecule has 0 radical (unpaired) electrons. The number of guanidine groups is 1. The van der Waals surface area contributed by atoms with Crippen molar-refractivity contribution in [2.24, 2.45) is 16.1 Å². The average molecular weight is 298 g/mol. The summed E-state index contributed by atoms with van der Waals surface area (Å²) in [5.41, 5.74) is 6.76. The van der Waals surface area contributed by atoms with Gasteiger partial charge < -0.3 is 20.5 Å². The maximum absolute atomic E-state index is 6.05. The first kappa shape index (κ1) is 14.9. The molecule has 110 valence electrons. The fraction of sp³-hybridized carbons (Fsp3) is 0.500. The van der Waals surface area contributed by atoms with Gasteiger partial charge in [0.05, 0.1) is 25.3 Å². The molecule has 1 saturated heterocycles. The van der Waals surface area contributed by atoms with Crippen LogP contribution in [0.25, 0.3) is 0 Å². The third kappa shape index (κ3) is 3.77. The average Bonchev–Trinajstić information content (AvgIpc) is 2.84. The summed E-state index contributed by atoms with van der Waals surface area (Å²) in [6.07, 6.45) is 1.01. The fourth-order valence-electron chi connectivity index (χ4n) is 2.04. The van der Waals surface area contributed by atoms with E-state index in [-0.39, 0.29) is 5.41 Å². The zero-order chi connectivity index (χ0) is 14.6. The number of ether oxygens (including phenoxy) is 2. The van der Waals surface area contributed by atoms with Crippen LogP contribution in [0, 0.1) is 5.41 Å². The molecule has 5 nitrogen and oxygen atoms in total. The van der Waals surface area contributed by atoms with E-state index in [2.05, 4.69) is 17.2 Å². The van der Waals surface area contributed by atoms with Crippen LogP contribution in [0.4, 0.5) is 5.69 Å². The Morgan fingerprint density at radius 1 is 1.60 bits per heavy atom. The Balaban J connectivity index is 1.96. The van der Waals surface area contributed by atoms with Gasteiger partial charge in [-0.1, -0.05) is 18.5 Å². The number of nitrogens with zero attached hydrogens (tertiary/aromatic N) is 1. The largest absolute Gasteiger partial charge is 0.495 e. The van der Waals surface area contributed by atoms with E-state index in [0.717, 1.165) is 25.3 Å². The minimum absolute atomic E-state index is 0.0872. The maximum Gasteiger partial charge on any atom is 0.193 e. The van der Waals surface area contributed by atoms with E-state index in [1.807, 2.05) is 6.07 Å². The van der Waals surface area contributed by atoms with Gasteiger partial charge in [0.25, 0.3) is 0 Å². The van der Waals surface area contributed by atoms with Gasteiger partial charge in [0.15, 0.2) is 5.96 Å². The van der Waals surface area contributed by atoms with Crippen LogP contribution in [0.3, 0.4) is 0 Å². The van der Waals surface area contributed by atoms with Crippen LogP contribution >= 0.6 is 11.6 Å². The van der Waals surface area contributed by atoms with Gasteiger partial charge >= 0.3 is 0 Å². The summed E-state index contributed by atoms with van der Waals surface area (Å²) in [7, 11) is 1.58. The van der Waals surface area contributed by atoms with Crippen molar-refractivity contribution in [3.05, 3.63) is 23.2 Å². The zero-order valence-corrected chi connectivity index (χ0v) is 12.5. The molecule has 0 amide bonds. The van der Waals surface area contributed by atoms with Crippen molar-refractivity contribution < 1.29 is 9.47 Å². The summed E-state index contributed by atoms with van der Waals surface area (Å²) in [5, 5.41) is 3.55. The van der Waals surface area contributed by atoms with E-state index in [9.17, 15) is 0 Å². The highest BCUT2D eigenvalue weighted by atomic mass is 35.5. The molecular formula is C14H20ClN3O2. The summed E-state index contributed by atoms with van der Waals surface area (Å²) >= 11 is 6.05. The van der Waals surface area contributed by atoms with Crippen LogP contribution in [0.1, 0.15) is 13.3 Å². The number of halogens is 1. The summed E-state index contributed by atoms with van der Waals surface area (Å²) in [5.74, 6) is 1.00. The first-order valence-electron chi connectivity index (χ1n) is 6.51. The normalized spacial score (nSPS) is 22.9. The van der Waals surface area contributed by atoms with Crippen molar-refractivity contribution in [2.75, 3.05) is 32.2 Å². The van der Waals surface area contributed by atoms with E-state index >= 15 is 0 Å². The Labute approximate surface area is 124 Å². The molecule has 0 aromatic heterocycles. The summed E-state index contributed by atoms with van der Waals surface area (Å²) < 4.78 is 10.5. The van der Waals surface area contributed by atoms with Crippen LogP contribution in [0.5, 0.6) is 5.75 Å². The van der Waals surface area contributed by atoms with Crippen LogP contribution in [-0.4, -0.2) is 32.8 Å². The first-order valence-corrected chi connectivity index (χ1v) is 6.88. The maximum atomic E-state index is 6.05.